The highest BCUT2D eigenvalue weighted by Crippen LogP contribution is 2.05. The van der Waals surface area contributed by atoms with Crippen molar-refractivity contribution in [2.24, 2.45) is 5.10 Å². The first-order chi connectivity index (χ1) is 9.54. The third-order valence-corrected chi connectivity index (χ3v) is 2.42. The monoisotopic (exact) mass is 277 g/mol. The number of ether oxygens (including phenoxy) is 1. The maximum atomic E-state index is 11.8. The topological polar surface area (TPSA) is 79.8 Å². The van der Waals surface area contributed by atoms with Crippen LogP contribution in [0.1, 0.15) is 20.8 Å². The van der Waals surface area contributed by atoms with E-state index in [-0.39, 0.29) is 12.5 Å². The van der Waals surface area contributed by atoms with Gasteiger partial charge in [0.15, 0.2) is 6.04 Å². The number of rotatable bonds is 6. The second kappa shape index (κ2) is 7.93. The van der Waals surface area contributed by atoms with Crippen LogP contribution in [0, 0.1) is 0 Å². The van der Waals surface area contributed by atoms with Crippen LogP contribution in [-0.4, -0.2) is 30.2 Å². The Kier molecular flexibility index (Phi) is 6.22. The number of carbonyl (C=O) groups excluding carboxylic acids is 2. The first-order valence-electron chi connectivity index (χ1n) is 6.33. The molecular formula is C14H19N3O3. The van der Waals surface area contributed by atoms with Gasteiger partial charge in [-0.1, -0.05) is 18.2 Å². The third kappa shape index (κ3) is 5.09. The number of hydrazone groups is 1. The zero-order chi connectivity index (χ0) is 15.0. The molecule has 0 aliphatic heterocycles. The SMILES string of the molecule is CCOC(=O)[C@H](NC(C)=O)/C(C)=N/Nc1ccccc1. The van der Waals surface area contributed by atoms with Gasteiger partial charge in [-0.05, 0) is 26.0 Å². The van der Waals surface area contributed by atoms with E-state index in [0.29, 0.717) is 5.71 Å². The summed E-state index contributed by atoms with van der Waals surface area (Å²) in [5.41, 5.74) is 4.03. The second-order valence-electron chi connectivity index (χ2n) is 4.12. The van der Waals surface area contributed by atoms with Crippen molar-refractivity contribution in [1.82, 2.24) is 5.32 Å². The fourth-order valence-corrected chi connectivity index (χ4v) is 1.49. The lowest BCUT2D eigenvalue weighted by atomic mass is 10.2. The molecule has 0 heterocycles. The van der Waals surface area contributed by atoms with Crippen LogP contribution in [0.15, 0.2) is 35.4 Å². The van der Waals surface area contributed by atoms with Crippen LogP contribution in [0.2, 0.25) is 0 Å². The van der Waals surface area contributed by atoms with Crippen LogP contribution >= 0.6 is 0 Å². The standard InChI is InChI=1S/C14H19N3O3/c1-4-20-14(19)13(15-11(3)18)10(2)16-17-12-8-6-5-7-9-12/h5-9,13,17H,4H2,1-3H3,(H,15,18)/b16-10+/t13-/m1/s1. The van der Waals surface area contributed by atoms with E-state index in [1.807, 2.05) is 30.3 Å². The van der Waals surface area contributed by atoms with Crippen LogP contribution in [0.3, 0.4) is 0 Å². The van der Waals surface area contributed by atoms with E-state index in [0.717, 1.165) is 5.69 Å². The average Bonchev–Trinajstić information content (AvgIpc) is 2.43. The summed E-state index contributed by atoms with van der Waals surface area (Å²) in [5.74, 6) is -0.851. The molecule has 0 aromatic heterocycles. The number of hydrogen-bond acceptors (Lipinski definition) is 5. The third-order valence-electron chi connectivity index (χ3n) is 2.42. The molecule has 0 fully saturated rings. The summed E-state index contributed by atoms with van der Waals surface area (Å²) >= 11 is 0. The predicted octanol–water partition coefficient (Wildman–Crippen LogP) is 1.54. The van der Waals surface area contributed by atoms with E-state index in [2.05, 4.69) is 15.8 Å². The van der Waals surface area contributed by atoms with E-state index < -0.39 is 12.0 Å². The quantitative estimate of drug-likeness (QED) is 0.469. The molecule has 1 rings (SSSR count). The molecule has 108 valence electrons. The van der Waals surface area contributed by atoms with Crippen LogP contribution in [0.5, 0.6) is 0 Å². The van der Waals surface area contributed by atoms with Crippen molar-refractivity contribution in [2.75, 3.05) is 12.0 Å². The number of para-hydroxylation sites is 1. The number of anilines is 1. The highest BCUT2D eigenvalue weighted by molar-refractivity contribution is 6.07. The molecule has 6 heteroatoms. The van der Waals surface area contributed by atoms with Gasteiger partial charge in [0, 0.05) is 6.92 Å². The molecule has 0 saturated heterocycles. The van der Waals surface area contributed by atoms with Gasteiger partial charge in [0.2, 0.25) is 5.91 Å². The number of nitrogens with one attached hydrogen (secondary N) is 2. The number of nitrogens with zero attached hydrogens (tertiary/aromatic N) is 1. The van der Waals surface area contributed by atoms with Crippen LogP contribution in [0.25, 0.3) is 0 Å². The van der Waals surface area contributed by atoms with Gasteiger partial charge >= 0.3 is 5.97 Å². The van der Waals surface area contributed by atoms with Gasteiger partial charge in [-0.15, -0.1) is 0 Å². The fraction of sp³-hybridized carbons (Fsp3) is 0.357. The van der Waals surface area contributed by atoms with Gasteiger partial charge in [-0.3, -0.25) is 10.2 Å². The summed E-state index contributed by atoms with van der Waals surface area (Å²) in [6.45, 7) is 4.93. The van der Waals surface area contributed by atoms with Gasteiger partial charge in [-0.25, -0.2) is 4.79 Å². The smallest absolute Gasteiger partial charge is 0.334 e. The molecule has 0 aliphatic carbocycles. The molecule has 0 unspecified atom stereocenters. The van der Waals surface area contributed by atoms with Crippen LogP contribution in [0.4, 0.5) is 5.69 Å². The van der Waals surface area contributed by atoms with Crippen LogP contribution in [-0.2, 0) is 14.3 Å². The Bertz CT molecular complexity index is 486. The molecule has 0 radical (unpaired) electrons. The summed E-state index contributed by atoms with van der Waals surface area (Å²) in [7, 11) is 0. The summed E-state index contributed by atoms with van der Waals surface area (Å²) < 4.78 is 4.92. The average molecular weight is 277 g/mol. The van der Waals surface area contributed by atoms with Crippen molar-refractivity contribution in [3.63, 3.8) is 0 Å². The lowest BCUT2D eigenvalue weighted by Gasteiger charge is -2.16. The van der Waals surface area contributed by atoms with E-state index in [1.54, 1.807) is 13.8 Å². The minimum absolute atomic E-state index is 0.244. The number of esters is 1. The highest BCUT2D eigenvalue weighted by atomic mass is 16.5. The maximum absolute atomic E-state index is 11.8. The van der Waals surface area contributed by atoms with Crippen molar-refractivity contribution in [2.45, 2.75) is 26.8 Å². The number of amides is 1. The number of benzene rings is 1. The zero-order valence-electron chi connectivity index (χ0n) is 11.8. The Hall–Kier alpha value is -2.37. The Morgan fingerprint density at radius 3 is 2.45 bits per heavy atom. The molecule has 0 aliphatic rings. The van der Waals surface area contributed by atoms with Gasteiger partial charge in [-0.2, -0.15) is 5.10 Å². The molecule has 0 bridgehead atoms. The van der Waals surface area contributed by atoms with E-state index >= 15 is 0 Å². The predicted molar refractivity (Wildman–Crippen MR) is 77.4 cm³/mol. The minimum atomic E-state index is -0.885. The Labute approximate surface area is 118 Å². The molecule has 2 N–H and O–H groups in total. The zero-order valence-corrected chi connectivity index (χ0v) is 11.8. The number of carbonyl (C=O) groups is 2. The largest absolute Gasteiger partial charge is 0.464 e. The molecule has 0 saturated carbocycles. The second-order valence-corrected chi connectivity index (χ2v) is 4.12. The van der Waals surface area contributed by atoms with Gasteiger partial charge in [0.05, 0.1) is 18.0 Å². The summed E-state index contributed by atoms with van der Waals surface area (Å²) in [6, 6.07) is 8.42. The van der Waals surface area contributed by atoms with Gasteiger partial charge < -0.3 is 10.1 Å². The molecule has 1 atom stereocenters. The highest BCUT2D eigenvalue weighted by Gasteiger charge is 2.23. The van der Waals surface area contributed by atoms with Crippen molar-refractivity contribution >= 4 is 23.3 Å². The molecular weight excluding hydrogens is 258 g/mol. The molecule has 1 amide bonds. The summed E-state index contributed by atoms with van der Waals surface area (Å²) in [5, 5.41) is 6.62. The van der Waals surface area contributed by atoms with Crippen molar-refractivity contribution in [3.8, 4) is 0 Å². The first-order valence-corrected chi connectivity index (χ1v) is 6.33. The Morgan fingerprint density at radius 2 is 1.90 bits per heavy atom. The van der Waals surface area contributed by atoms with E-state index in [9.17, 15) is 9.59 Å². The Balaban J connectivity index is 2.78. The van der Waals surface area contributed by atoms with Crippen molar-refractivity contribution in [1.29, 1.82) is 0 Å². The van der Waals surface area contributed by atoms with Crippen molar-refractivity contribution < 1.29 is 14.3 Å². The minimum Gasteiger partial charge on any atom is -0.464 e. The first kappa shape index (κ1) is 15.7. The maximum Gasteiger partial charge on any atom is 0.334 e. The lowest BCUT2D eigenvalue weighted by molar-refractivity contribution is -0.145. The van der Waals surface area contributed by atoms with E-state index in [4.69, 9.17) is 4.74 Å². The molecule has 1 aromatic rings. The van der Waals surface area contributed by atoms with Gasteiger partial charge in [0.25, 0.3) is 0 Å². The molecule has 6 nitrogen and oxygen atoms in total. The summed E-state index contributed by atoms with van der Waals surface area (Å²) in [6.07, 6.45) is 0. The molecule has 0 spiro atoms. The lowest BCUT2D eigenvalue weighted by Crippen LogP contribution is -2.46. The summed E-state index contributed by atoms with van der Waals surface area (Å²) in [4.78, 5) is 22.9. The van der Waals surface area contributed by atoms with Crippen molar-refractivity contribution in [3.05, 3.63) is 30.3 Å². The fourth-order valence-electron chi connectivity index (χ4n) is 1.49. The Morgan fingerprint density at radius 1 is 1.25 bits per heavy atom. The number of hydrogen-bond donors (Lipinski definition) is 2. The van der Waals surface area contributed by atoms with Gasteiger partial charge in [0.1, 0.15) is 0 Å². The van der Waals surface area contributed by atoms with Crippen LogP contribution < -0.4 is 10.7 Å². The molecule has 20 heavy (non-hydrogen) atoms. The normalized spacial score (nSPS) is 12.4. The van der Waals surface area contributed by atoms with E-state index in [1.165, 1.54) is 6.92 Å². The molecule has 1 aromatic carbocycles.